The third kappa shape index (κ3) is 8.21. The standard InChI is InChI=1S/C29H40FNO/c1-2-3-4-6-23-13-15-26(16-14-23)27-17-19-29(20-18-27)32-22-25-11-9-24(10-12-25)7-5-8-28(30)21-31/h5,7-8,13-16,24-25,27,29H,2-4,6,9-12,17-20,22H2,1H3. The first-order chi connectivity index (χ1) is 15.7. The van der Waals surface area contributed by atoms with Gasteiger partial charge in [-0.05, 0) is 99.2 Å². The lowest BCUT2D eigenvalue weighted by Gasteiger charge is -2.32. The summed E-state index contributed by atoms with van der Waals surface area (Å²) >= 11 is 0. The van der Waals surface area contributed by atoms with Crippen molar-refractivity contribution in [1.29, 1.82) is 5.26 Å². The monoisotopic (exact) mass is 437 g/mol. The summed E-state index contributed by atoms with van der Waals surface area (Å²) in [5, 5.41) is 8.45. The zero-order valence-electron chi connectivity index (χ0n) is 19.8. The van der Waals surface area contributed by atoms with Crippen molar-refractivity contribution in [2.24, 2.45) is 11.8 Å². The van der Waals surface area contributed by atoms with Crippen LogP contribution in [0.5, 0.6) is 0 Å². The second-order valence-electron chi connectivity index (χ2n) is 9.80. The first-order valence-corrected chi connectivity index (χ1v) is 12.8. The Morgan fingerprint density at radius 3 is 2.41 bits per heavy atom. The van der Waals surface area contributed by atoms with E-state index in [1.807, 2.05) is 6.08 Å². The van der Waals surface area contributed by atoms with Gasteiger partial charge in [-0.1, -0.05) is 56.2 Å². The quantitative estimate of drug-likeness (QED) is 0.210. The second kappa shape index (κ2) is 13.6. The van der Waals surface area contributed by atoms with Gasteiger partial charge < -0.3 is 4.74 Å². The van der Waals surface area contributed by atoms with E-state index < -0.39 is 5.83 Å². The van der Waals surface area contributed by atoms with E-state index in [2.05, 4.69) is 31.2 Å². The number of hydrogen-bond donors (Lipinski definition) is 0. The molecule has 0 radical (unpaired) electrons. The van der Waals surface area contributed by atoms with Crippen molar-refractivity contribution in [3.8, 4) is 6.07 Å². The summed E-state index contributed by atoms with van der Waals surface area (Å²) in [5.41, 5.74) is 2.99. The molecule has 2 aliphatic rings. The Bertz CT molecular complexity index is 759. The number of nitriles is 1. The molecule has 0 aromatic heterocycles. The maximum atomic E-state index is 12.8. The first-order valence-electron chi connectivity index (χ1n) is 12.8. The van der Waals surface area contributed by atoms with E-state index in [0.29, 0.717) is 23.9 Å². The molecule has 2 aliphatic carbocycles. The second-order valence-corrected chi connectivity index (χ2v) is 9.80. The summed E-state index contributed by atoms with van der Waals surface area (Å²) in [7, 11) is 0. The lowest BCUT2D eigenvalue weighted by Crippen LogP contribution is -2.25. The molecule has 0 amide bonds. The van der Waals surface area contributed by atoms with Crippen molar-refractivity contribution in [1.82, 2.24) is 0 Å². The highest BCUT2D eigenvalue weighted by Crippen LogP contribution is 2.35. The molecule has 0 heterocycles. The summed E-state index contributed by atoms with van der Waals surface area (Å²) in [6.07, 6.45) is 20.0. The number of benzene rings is 1. The largest absolute Gasteiger partial charge is 0.378 e. The molecule has 2 saturated carbocycles. The predicted octanol–water partition coefficient (Wildman–Crippen LogP) is 8.20. The van der Waals surface area contributed by atoms with Crippen LogP contribution in [0.4, 0.5) is 4.39 Å². The summed E-state index contributed by atoms with van der Waals surface area (Å²) in [4.78, 5) is 0. The molecular weight excluding hydrogens is 397 g/mol. The maximum absolute atomic E-state index is 12.8. The van der Waals surface area contributed by atoms with E-state index in [1.165, 1.54) is 87.5 Å². The summed E-state index contributed by atoms with van der Waals surface area (Å²) in [6.45, 7) is 3.15. The molecule has 1 aromatic rings. The van der Waals surface area contributed by atoms with Crippen LogP contribution < -0.4 is 0 Å². The number of unbranched alkanes of at least 4 members (excludes halogenated alkanes) is 2. The normalized spacial score (nSPS) is 26.8. The number of nitrogens with zero attached hydrogens (tertiary/aromatic N) is 1. The number of rotatable bonds is 10. The number of aryl methyl sites for hydroxylation is 1. The summed E-state index contributed by atoms with van der Waals surface area (Å²) in [6, 6.07) is 10.9. The highest BCUT2D eigenvalue weighted by Gasteiger charge is 2.25. The van der Waals surface area contributed by atoms with E-state index in [-0.39, 0.29) is 0 Å². The van der Waals surface area contributed by atoms with E-state index in [0.717, 1.165) is 19.4 Å². The average Bonchev–Trinajstić information content (AvgIpc) is 2.84. The number of ether oxygens (including phenoxy) is 1. The van der Waals surface area contributed by atoms with E-state index in [4.69, 9.17) is 10.00 Å². The van der Waals surface area contributed by atoms with Crippen LogP contribution in [0.25, 0.3) is 0 Å². The lowest BCUT2D eigenvalue weighted by molar-refractivity contribution is -0.00337. The number of hydrogen-bond acceptors (Lipinski definition) is 2. The minimum atomic E-state index is -0.725. The molecule has 3 rings (SSSR count). The smallest absolute Gasteiger partial charge is 0.199 e. The van der Waals surface area contributed by atoms with Crippen molar-refractivity contribution in [2.45, 2.75) is 96.0 Å². The minimum absolute atomic E-state index is 0.427. The van der Waals surface area contributed by atoms with Gasteiger partial charge in [-0.25, -0.2) is 0 Å². The lowest BCUT2D eigenvalue weighted by atomic mass is 9.81. The van der Waals surface area contributed by atoms with Crippen LogP contribution in [-0.4, -0.2) is 12.7 Å². The molecule has 0 saturated heterocycles. The van der Waals surface area contributed by atoms with Crippen LogP contribution in [0.15, 0.2) is 48.3 Å². The van der Waals surface area contributed by atoms with Crippen LogP contribution in [0.3, 0.4) is 0 Å². The van der Waals surface area contributed by atoms with Crippen LogP contribution in [0.2, 0.25) is 0 Å². The fraction of sp³-hybridized carbons (Fsp3) is 0.621. The Kier molecular flexibility index (Phi) is 10.5. The molecule has 174 valence electrons. The highest BCUT2D eigenvalue weighted by atomic mass is 19.1. The first kappa shape index (κ1) is 24.7. The number of halogens is 1. The van der Waals surface area contributed by atoms with Crippen molar-refractivity contribution < 1.29 is 9.13 Å². The molecule has 2 nitrogen and oxygen atoms in total. The fourth-order valence-electron chi connectivity index (χ4n) is 5.25. The van der Waals surface area contributed by atoms with Gasteiger partial charge in [0.25, 0.3) is 0 Å². The van der Waals surface area contributed by atoms with Crippen LogP contribution in [0, 0.1) is 23.2 Å². The summed E-state index contributed by atoms with van der Waals surface area (Å²) in [5.74, 6) is 1.13. The molecule has 0 N–H and O–H groups in total. The maximum Gasteiger partial charge on any atom is 0.199 e. The topological polar surface area (TPSA) is 33.0 Å². The fourth-order valence-corrected chi connectivity index (χ4v) is 5.25. The van der Waals surface area contributed by atoms with Crippen LogP contribution in [-0.2, 0) is 11.2 Å². The van der Waals surface area contributed by atoms with Gasteiger partial charge in [-0.3, -0.25) is 0 Å². The molecule has 1 aromatic carbocycles. The molecule has 32 heavy (non-hydrogen) atoms. The van der Waals surface area contributed by atoms with Gasteiger partial charge in [0.15, 0.2) is 5.83 Å². The molecular formula is C29H40FNO. The van der Waals surface area contributed by atoms with E-state index >= 15 is 0 Å². The van der Waals surface area contributed by atoms with Gasteiger partial charge in [0.1, 0.15) is 6.07 Å². The van der Waals surface area contributed by atoms with Crippen molar-refractivity contribution >= 4 is 0 Å². The SMILES string of the molecule is CCCCCc1ccc(C2CCC(OCC3CCC(C=CC=C(F)C#N)CC3)CC2)cc1. The zero-order chi connectivity index (χ0) is 22.6. The average molecular weight is 438 g/mol. The molecule has 0 bridgehead atoms. The molecule has 0 spiro atoms. The molecule has 0 aliphatic heterocycles. The van der Waals surface area contributed by atoms with E-state index in [9.17, 15) is 4.39 Å². The summed E-state index contributed by atoms with van der Waals surface area (Å²) < 4.78 is 19.2. The highest BCUT2D eigenvalue weighted by molar-refractivity contribution is 5.26. The van der Waals surface area contributed by atoms with Gasteiger partial charge in [0, 0.05) is 6.61 Å². The third-order valence-corrected chi connectivity index (χ3v) is 7.39. The van der Waals surface area contributed by atoms with Crippen LogP contribution in [0.1, 0.15) is 94.6 Å². The van der Waals surface area contributed by atoms with Gasteiger partial charge >= 0.3 is 0 Å². The van der Waals surface area contributed by atoms with Crippen LogP contribution >= 0.6 is 0 Å². The van der Waals surface area contributed by atoms with Crippen molar-refractivity contribution in [3.05, 3.63) is 59.4 Å². The Hall–Kier alpha value is -1.92. The van der Waals surface area contributed by atoms with Gasteiger partial charge in [0.2, 0.25) is 0 Å². The minimum Gasteiger partial charge on any atom is -0.378 e. The molecule has 0 atom stereocenters. The molecule has 2 fully saturated rings. The zero-order valence-corrected chi connectivity index (χ0v) is 19.8. The Labute approximate surface area is 194 Å². The number of allylic oxidation sites excluding steroid dienone is 4. The van der Waals surface area contributed by atoms with Gasteiger partial charge in [-0.15, -0.1) is 0 Å². The Balaban J connectivity index is 1.32. The predicted molar refractivity (Wildman–Crippen MR) is 130 cm³/mol. The van der Waals surface area contributed by atoms with Gasteiger partial charge in [0.05, 0.1) is 6.10 Å². The Morgan fingerprint density at radius 2 is 1.75 bits per heavy atom. The molecule has 3 heteroatoms. The third-order valence-electron chi connectivity index (χ3n) is 7.39. The Morgan fingerprint density at radius 1 is 1.03 bits per heavy atom. The van der Waals surface area contributed by atoms with Gasteiger partial charge in [-0.2, -0.15) is 9.65 Å². The van der Waals surface area contributed by atoms with E-state index in [1.54, 1.807) is 6.08 Å². The van der Waals surface area contributed by atoms with Crippen molar-refractivity contribution in [2.75, 3.05) is 6.61 Å². The van der Waals surface area contributed by atoms with Crippen molar-refractivity contribution in [3.63, 3.8) is 0 Å². The molecule has 0 unspecified atom stereocenters.